The van der Waals surface area contributed by atoms with E-state index in [-0.39, 0.29) is 13.2 Å². The van der Waals surface area contributed by atoms with E-state index in [1.165, 1.54) is 4.90 Å². The predicted molar refractivity (Wildman–Crippen MR) is 46.0 cm³/mol. The number of nitrogens with zero attached hydrogens (tertiary/aromatic N) is 1. The summed E-state index contributed by atoms with van der Waals surface area (Å²) in [5.74, 6) is 0. The first-order chi connectivity index (χ1) is 6.55. The molecule has 1 aliphatic heterocycles. The Morgan fingerprint density at radius 2 is 2.14 bits per heavy atom. The molecule has 3 nitrogen and oxygen atoms in total. The van der Waals surface area contributed by atoms with Crippen LogP contribution in [-0.2, 0) is 0 Å². The van der Waals surface area contributed by atoms with Crippen LogP contribution >= 0.6 is 0 Å². The fourth-order valence-corrected chi connectivity index (χ4v) is 1.61. The van der Waals surface area contributed by atoms with Crippen molar-refractivity contribution in [2.75, 3.05) is 32.8 Å². The Kier molecular flexibility index (Phi) is 4.15. The Balaban J connectivity index is 2.50. The van der Waals surface area contributed by atoms with Crippen LogP contribution in [0.1, 0.15) is 6.42 Å². The molecule has 0 aromatic carbocycles. The SMILES string of the molecule is OCCCN1CCNCC1C(F)(F)F. The molecule has 1 fully saturated rings. The van der Waals surface area contributed by atoms with E-state index in [2.05, 4.69) is 5.32 Å². The largest absolute Gasteiger partial charge is 0.405 e. The van der Waals surface area contributed by atoms with Crippen molar-refractivity contribution >= 4 is 0 Å². The van der Waals surface area contributed by atoms with Crippen molar-refractivity contribution in [3.8, 4) is 0 Å². The Labute approximate surface area is 80.9 Å². The average Bonchev–Trinajstić information content (AvgIpc) is 2.14. The van der Waals surface area contributed by atoms with Crippen molar-refractivity contribution in [3.63, 3.8) is 0 Å². The predicted octanol–water partition coefficient (Wildman–Crippen LogP) is 0.205. The van der Waals surface area contributed by atoms with Crippen molar-refractivity contribution in [2.24, 2.45) is 0 Å². The van der Waals surface area contributed by atoms with E-state index in [1.807, 2.05) is 0 Å². The maximum atomic E-state index is 12.5. The Hall–Kier alpha value is -0.330. The van der Waals surface area contributed by atoms with E-state index in [1.54, 1.807) is 0 Å². The molecule has 0 radical (unpaired) electrons. The van der Waals surface area contributed by atoms with Crippen LogP contribution in [0.5, 0.6) is 0 Å². The van der Waals surface area contributed by atoms with Crippen molar-refractivity contribution in [2.45, 2.75) is 18.6 Å². The lowest BCUT2D eigenvalue weighted by Crippen LogP contribution is -2.57. The molecule has 0 spiro atoms. The zero-order valence-electron chi connectivity index (χ0n) is 7.85. The summed E-state index contributed by atoms with van der Waals surface area (Å²) in [6.07, 6.45) is -3.78. The van der Waals surface area contributed by atoms with Gasteiger partial charge in [0, 0.05) is 32.8 Å². The average molecular weight is 212 g/mol. The number of halogens is 3. The quantitative estimate of drug-likeness (QED) is 0.701. The van der Waals surface area contributed by atoms with Gasteiger partial charge in [-0.25, -0.2) is 0 Å². The molecule has 1 heterocycles. The molecule has 1 aliphatic rings. The van der Waals surface area contributed by atoms with Crippen LogP contribution < -0.4 is 5.32 Å². The number of hydrogen-bond donors (Lipinski definition) is 2. The summed E-state index contributed by atoms with van der Waals surface area (Å²) in [6, 6.07) is -1.40. The van der Waals surface area contributed by atoms with Gasteiger partial charge in [0.2, 0.25) is 0 Å². The Morgan fingerprint density at radius 1 is 1.43 bits per heavy atom. The van der Waals surface area contributed by atoms with Crippen LogP contribution in [0.3, 0.4) is 0 Å². The molecule has 1 unspecified atom stereocenters. The van der Waals surface area contributed by atoms with Gasteiger partial charge in [-0.2, -0.15) is 13.2 Å². The molecule has 0 saturated carbocycles. The fraction of sp³-hybridized carbons (Fsp3) is 1.00. The van der Waals surface area contributed by atoms with E-state index in [0.717, 1.165) is 0 Å². The molecule has 0 aliphatic carbocycles. The monoisotopic (exact) mass is 212 g/mol. The summed E-state index contributed by atoms with van der Waals surface area (Å²) >= 11 is 0. The zero-order chi connectivity index (χ0) is 10.6. The summed E-state index contributed by atoms with van der Waals surface area (Å²) in [5, 5.41) is 11.3. The van der Waals surface area contributed by atoms with Gasteiger partial charge < -0.3 is 10.4 Å². The number of aliphatic hydroxyl groups excluding tert-OH is 1. The summed E-state index contributed by atoms with van der Waals surface area (Å²) < 4.78 is 37.4. The second kappa shape index (κ2) is 4.95. The van der Waals surface area contributed by atoms with Crippen LogP contribution in [0.2, 0.25) is 0 Å². The third-order valence-corrected chi connectivity index (χ3v) is 2.34. The smallest absolute Gasteiger partial charge is 0.396 e. The molecule has 0 bridgehead atoms. The second-order valence-electron chi connectivity index (χ2n) is 3.37. The van der Waals surface area contributed by atoms with Gasteiger partial charge in [-0.3, -0.25) is 4.90 Å². The van der Waals surface area contributed by atoms with Gasteiger partial charge in [0.15, 0.2) is 0 Å². The van der Waals surface area contributed by atoms with Crippen LogP contribution in [0.25, 0.3) is 0 Å². The Bertz CT molecular complexity index is 174. The number of nitrogens with one attached hydrogen (secondary N) is 1. The number of rotatable bonds is 3. The van der Waals surface area contributed by atoms with Crippen LogP contribution in [-0.4, -0.2) is 55.0 Å². The van der Waals surface area contributed by atoms with E-state index in [4.69, 9.17) is 5.11 Å². The first-order valence-corrected chi connectivity index (χ1v) is 4.68. The van der Waals surface area contributed by atoms with Gasteiger partial charge >= 0.3 is 6.18 Å². The summed E-state index contributed by atoms with van der Waals surface area (Å²) in [7, 11) is 0. The van der Waals surface area contributed by atoms with Crippen LogP contribution in [0.4, 0.5) is 13.2 Å². The molecule has 6 heteroatoms. The van der Waals surface area contributed by atoms with Crippen LogP contribution in [0, 0.1) is 0 Å². The van der Waals surface area contributed by atoms with Crippen molar-refractivity contribution < 1.29 is 18.3 Å². The molecule has 14 heavy (non-hydrogen) atoms. The van der Waals surface area contributed by atoms with Gasteiger partial charge in [0.1, 0.15) is 6.04 Å². The van der Waals surface area contributed by atoms with E-state index in [9.17, 15) is 13.2 Å². The third-order valence-electron chi connectivity index (χ3n) is 2.34. The summed E-state index contributed by atoms with van der Waals surface area (Å²) in [6.45, 7) is 1.17. The Morgan fingerprint density at radius 3 is 2.71 bits per heavy atom. The van der Waals surface area contributed by atoms with Gasteiger partial charge in [-0.15, -0.1) is 0 Å². The number of piperazine rings is 1. The van der Waals surface area contributed by atoms with Crippen molar-refractivity contribution in [3.05, 3.63) is 0 Å². The molecule has 0 aromatic heterocycles. The minimum absolute atomic E-state index is 0.0467. The van der Waals surface area contributed by atoms with Gasteiger partial charge in [-0.1, -0.05) is 0 Å². The lowest BCUT2D eigenvalue weighted by atomic mass is 10.1. The third kappa shape index (κ3) is 3.11. The first-order valence-electron chi connectivity index (χ1n) is 4.68. The molecule has 1 rings (SSSR count). The van der Waals surface area contributed by atoms with Crippen LogP contribution in [0.15, 0.2) is 0 Å². The lowest BCUT2D eigenvalue weighted by Gasteiger charge is -2.36. The van der Waals surface area contributed by atoms with E-state index in [0.29, 0.717) is 26.1 Å². The molecule has 0 amide bonds. The number of alkyl halides is 3. The molecule has 2 N–H and O–H groups in total. The van der Waals surface area contributed by atoms with Crippen molar-refractivity contribution in [1.82, 2.24) is 10.2 Å². The highest BCUT2D eigenvalue weighted by atomic mass is 19.4. The highest BCUT2D eigenvalue weighted by Crippen LogP contribution is 2.25. The fourth-order valence-electron chi connectivity index (χ4n) is 1.61. The topological polar surface area (TPSA) is 35.5 Å². The molecular formula is C8H15F3N2O. The summed E-state index contributed by atoms with van der Waals surface area (Å²) in [5.41, 5.74) is 0. The highest BCUT2D eigenvalue weighted by molar-refractivity contribution is 4.85. The lowest BCUT2D eigenvalue weighted by molar-refractivity contribution is -0.187. The standard InChI is InChI=1S/C8H15F3N2O/c9-8(10,11)7-6-12-2-4-13(7)3-1-5-14/h7,12,14H,1-6H2. The van der Waals surface area contributed by atoms with Gasteiger partial charge in [0.05, 0.1) is 0 Å². The zero-order valence-corrected chi connectivity index (χ0v) is 7.85. The van der Waals surface area contributed by atoms with E-state index < -0.39 is 12.2 Å². The number of hydrogen-bond acceptors (Lipinski definition) is 3. The molecule has 1 saturated heterocycles. The minimum Gasteiger partial charge on any atom is -0.396 e. The molecule has 84 valence electrons. The molecular weight excluding hydrogens is 197 g/mol. The molecule has 0 aromatic rings. The van der Waals surface area contributed by atoms with Gasteiger partial charge in [-0.05, 0) is 6.42 Å². The first kappa shape index (κ1) is 11.7. The maximum absolute atomic E-state index is 12.5. The maximum Gasteiger partial charge on any atom is 0.405 e. The van der Waals surface area contributed by atoms with Crippen molar-refractivity contribution in [1.29, 1.82) is 0 Å². The highest BCUT2D eigenvalue weighted by Gasteiger charge is 2.44. The second-order valence-corrected chi connectivity index (χ2v) is 3.37. The summed E-state index contributed by atoms with van der Waals surface area (Å²) in [4.78, 5) is 1.38. The normalized spacial score (nSPS) is 25.3. The van der Waals surface area contributed by atoms with E-state index >= 15 is 0 Å². The minimum atomic E-state index is -4.18. The molecule has 1 atom stereocenters. The number of aliphatic hydroxyl groups is 1. The van der Waals surface area contributed by atoms with Gasteiger partial charge in [0.25, 0.3) is 0 Å².